The van der Waals surface area contributed by atoms with Crippen LogP contribution in [0.5, 0.6) is 0 Å². The number of rotatable bonds is 2. The van der Waals surface area contributed by atoms with Gasteiger partial charge in [0.1, 0.15) is 5.82 Å². The molecule has 2 rings (SSSR count). The van der Waals surface area contributed by atoms with Crippen molar-refractivity contribution in [1.29, 1.82) is 0 Å². The molecule has 0 radical (unpaired) electrons. The van der Waals surface area contributed by atoms with E-state index >= 15 is 0 Å². The van der Waals surface area contributed by atoms with Crippen molar-refractivity contribution in [3.63, 3.8) is 0 Å². The fourth-order valence-corrected chi connectivity index (χ4v) is 2.08. The van der Waals surface area contributed by atoms with E-state index in [9.17, 15) is 9.18 Å². The molecular formula is C12H14FNO2. The summed E-state index contributed by atoms with van der Waals surface area (Å²) in [5, 5.41) is 9.01. The van der Waals surface area contributed by atoms with Crippen molar-refractivity contribution in [2.24, 2.45) is 5.92 Å². The number of carbonyl (C=O) groups is 1. The van der Waals surface area contributed by atoms with Gasteiger partial charge in [-0.3, -0.25) is 4.79 Å². The Morgan fingerprint density at radius 3 is 2.88 bits per heavy atom. The van der Waals surface area contributed by atoms with Crippen LogP contribution < -0.4 is 4.90 Å². The number of benzene rings is 1. The highest BCUT2D eigenvalue weighted by molar-refractivity contribution is 5.96. The molecule has 1 aromatic carbocycles. The first-order chi connectivity index (χ1) is 7.63. The summed E-state index contributed by atoms with van der Waals surface area (Å²) in [5.41, 5.74) is 1.09. The second kappa shape index (κ2) is 4.22. The Kier molecular flexibility index (Phi) is 2.92. The van der Waals surface area contributed by atoms with Crippen LogP contribution in [0.1, 0.15) is 12.0 Å². The minimum absolute atomic E-state index is 0.0320. The maximum Gasteiger partial charge on any atom is 0.227 e. The van der Waals surface area contributed by atoms with Gasteiger partial charge in [-0.05, 0) is 18.6 Å². The van der Waals surface area contributed by atoms with E-state index in [1.807, 2.05) is 0 Å². The van der Waals surface area contributed by atoms with E-state index in [-0.39, 0.29) is 24.2 Å². The number of aryl methyl sites for hydroxylation is 1. The summed E-state index contributed by atoms with van der Waals surface area (Å²) in [5.74, 6) is -0.578. The maximum absolute atomic E-state index is 13.7. The van der Waals surface area contributed by atoms with Gasteiger partial charge in [-0.15, -0.1) is 0 Å². The summed E-state index contributed by atoms with van der Waals surface area (Å²) >= 11 is 0. The molecular weight excluding hydrogens is 209 g/mol. The van der Waals surface area contributed by atoms with Gasteiger partial charge < -0.3 is 10.0 Å². The monoisotopic (exact) mass is 223 g/mol. The summed E-state index contributed by atoms with van der Waals surface area (Å²) < 4.78 is 13.7. The molecule has 0 aliphatic carbocycles. The molecule has 1 heterocycles. The molecule has 1 N–H and O–H groups in total. The number of nitrogens with zero attached hydrogens (tertiary/aromatic N) is 1. The summed E-state index contributed by atoms with van der Waals surface area (Å²) in [7, 11) is 0. The zero-order valence-electron chi connectivity index (χ0n) is 9.11. The lowest BCUT2D eigenvalue weighted by molar-refractivity contribution is -0.117. The van der Waals surface area contributed by atoms with Crippen LogP contribution in [0.15, 0.2) is 18.2 Å². The Labute approximate surface area is 93.5 Å². The number of halogens is 1. The summed E-state index contributed by atoms with van der Waals surface area (Å²) in [6, 6.07) is 4.75. The lowest BCUT2D eigenvalue weighted by Crippen LogP contribution is -2.26. The molecule has 86 valence electrons. The van der Waals surface area contributed by atoms with Crippen LogP contribution in [0.4, 0.5) is 10.1 Å². The number of carbonyl (C=O) groups excluding carboxylic acids is 1. The molecule has 4 heteroatoms. The predicted octanol–water partition coefficient (Wildman–Crippen LogP) is 1.48. The third-order valence-electron chi connectivity index (χ3n) is 2.92. The Bertz CT molecular complexity index is 399. The molecule has 1 atom stereocenters. The van der Waals surface area contributed by atoms with Gasteiger partial charge in [-0.1, -0.05) is 12.1 Å². The first-order valence-electron chi connectivity index (χ1n) is 5.30. The van der Waals surface area contributed by atoms with Gasteiger partial charge in [0, 0.05) is 25.5 Å². The van der Waals surface area contributed by atoms with Crippen LogP contribution in [-0.4, -0.2) is 24.2 Å². The topological polar surface area (TPSA) is 40.5 Å². The van der Waals surface area contributed by atoms with E-state index in [0.717, 1.165) is 5.56 Å². The van der Waals surface area contributed by atoms with Crippen molar-refractivity contribution in [2.75, 3.05) is 18.1 Å². The molecule has 0 bridgehead atoms. The van der Waals surface area contributed by atoms with E-state index in [1.165, 1.54) is 11.0 Å². The second-order valence-corrected chi connectivity index (χ2v) is 4.16. The van der Waals surface area contributed by atoms with Crippen LogP contribution in [0, 0.1) is 18.7 Å². The van der Waals surface area contributed by atoms with Crippen LogP contribution >= 0.6 is 0 Å². The Morgan fingerprint density at radius 2 is 2.31 bits per heavy atom. The third-order valence-corrected chi connectivity index (χ3v) is 2.92. The average Bonchev–Trinajstić information content (AvgIpc) is 2.60. The van der Waals surface area contributed by atoms with Crippen LogP contribution in [0.25, 0.3) is 0 Å². The van der Waals surface area contributed by atoms with Gasteiger partial charge in [0.25, 0.3) is 0 Å². The average molecular weight is 223 g/mol. The molecule has 1 saturated heterocycles. The predicted molar refractivity (Wildman–Crippen MR) is 58.7 cm³/mol. The quantitative estimate of drug-likeness (QED) is 0.825. The zero-order chi connectivity index (χ0) is 11.7. The van der Waals surface area contributed by atoms with E-state index in [1.54, 1.807) is 19.1 Å². The second-order valence-electron chi connectivity index (χ2n) is 4.16. The minimum atomic E-state index is -0.382. The van der Waals surface area contributed by atoms with Gasteiger partial charge in [-0.2, -0.15) is 0 Å². The van der Waals surface area contributed by atoms with Gasteiger partial charge >= 0.3 is 0 Å². The molecule has 16 heavy (non-hydrogen) atoms. The molecule has 1 amide bonds. The van der Waals surface area contributed by atoms with Gasteiger partial charge in [0.05, 0.1) is 5.69 Å². The SMILES string of the molecule is Cc1cccc(F)c1N1CC(CO)CC1=O. The first kappa shape index (κ1) is 11.1. The van der Waals surface area contributed by atoms with Gasteiger partial charge in [-0.25, -0.2) is 4.39 Å². The molecule has 0 aromatic heterocycles. The van der Waals surface area contributed by atoms with Crippen molar-refractivity contribution in [1.82, 2.24) is 0 Å². The number of aliphatic hydroxyl groups is 1. The third kappa shape index (κ3) is 1.80. The number of amides is 1. The van der Waals surface area contributed by atoms with Gasteiger partial charge in [0.15, 0.2) is 0 Å². The van der Waals surface area contributed by atoms with Crippen molar-refractivity contribution in [2.45, 2.75) is 13.3 Å². The maximum atomic E-state index is 13.7. The first-order valence-corrected chi connectivity index (χ1v) is 5.30. The lowest BCUT2D eigenvalue weighted by Gasteiger charge is -2.19. The summed E-state index contributed by atoms with van der Waals surface area (Å²) in [6.45, 7) is 2.14. The Balaban J connectivity index is 2.35. The molecule has 1 aliphatic heterocycles. The Hall–Kier alpha value is -1.42. The fourth-order valence-electron chi connectivity index (χ4n) is 2.08. The molecule has 3 nitrogen and oxygen atoms in total. The number of anilines is 1. The Morgan fingerprint density at radius 1 is 1.56 bits per heavy atom. The van der Waals surface area contributed by atoms with E-state index in [4.69, 9.17) is 5.11 Å². The number of aliphatic hydroxyl groups excluding tert-OH is 1. The largest absolute Gasteiger partial charge is 0.396 e. The lowest BCUT2D eigenvalue weighted by atomic mass is 10.1. The van der Waals surface area contributed by atoms with Crippen LogP contribution in [0.3, 0.4) is 0 Å². The highest BCUT2D eigenvalue weighted by Crippen LogP contribution is 2.29. The molecule has 0 spiro atoms. The number of hydrogen-bond donors (Lipinski definition) is 1. The van der Waals surface area contributed by atoms with E-state index < -0.39 is 0 Å². The van der Waals surface area contributed by atoms with Crippen LogP contribution in [0.2, 0.25) is 0 Å². The fraction of sp³-hybridized carbons (Fsp3) is 0.417. The molecule has 1 aliphatic rings. The number of hydrogen-bond acceptors (Lipinski definition) is 2. The number of para-hydroxylation sites is 1. The normalized spacial score (nSPS) is 20.6. The summed E-state index contributed by atoms with van der Waals surface area (Å²) in [4.78, 5) is 13.1. The van der Waals surface area contributed by atoms with E-state index in [0.29, 0.717) is 18.7 Å². The van der Waals surface area contributed by atoms with E-state index in [2.05, 4.69) is 0 Å². The molecule has 1 aromatic rings. The summed E-state index contributed by atoms with van der Waals surface area (Å²) in [6.07, 6.45) is 0.296. The highest BCUT2D eigenvalue weighted by atomic mass is 19.1. The molecule has 1 fully saturated rings. The molecule has 0 saturated carbocycles. The molecule has 1 unspecified atom stereocenters. The zero-order valence-corrected chi connectivity index (χ0v) is 9.11. The standard InChI is InChI=1S/C12H14FNO2/c1-8-3-2-4-10(13)12(8)14-6-9(7-15)5-11(14)16/h2-4,9,15H,5-7H2,1H3. The van der Waals surface area contributed by atoms with Crippen molar-refractivity contribution in [3.8, 4) is 0 Å². The smallest absolute Gasteiger partial charge is 0.227 e. The highest BCUT2D eigenvalue weighted by Gasteiger charge is 2.32. The van der Waals surface area contributed by atoms with Crippen molar-refractivity contribution >= 4 is 11.6 Å². The minimum Gasteiger partial charge on any atom is -0.396 e. The van der Waals surface area contributed by atoms with Crippen molar-refractivity contribution in [3.05, 3.63) is 29.6 Å². The van der Waals surface area contributed by atoms with Gasteiger partial charge in [0.2, 0.25) is 5.91 Å². The van der Waals surface area contributed by atoms with Crippen LogP contribution in [-0.2, 0) is 4.79 Å². The van der Waals surface area contributed by atoms with Crippen molar-refractivity contribution < 1.29 is 14.3 Å².